The Bertz CT molecular complexity index is 1150. The molecule has 3 aromatic rings. The molecule has 0 saturated carbocycles. The summed E-state index contributed by atoms with van der Waals surface area (Å²) in [4.78, 5) is 0.140. The van der Waals surface area contributed by atoms with Crippen molar-refractivity contribution in [2.75, 3.05) is 20.5 Å². The Hall–Kier alpha value is -2.97. The summed E-state index contributed by atoms with van der Waals surface area (Å²) >= 11 is 0. The number of methoxy groups -OCH3 is 2. The van der Waals surface area contributed by atoms with Gasteiger partial charge < -0.3 is 14.6 Å². The fraction of sp³-hybridized carbons (Fsp3) is 0.182. The predicted octanol–water partition coefficient (Wildman–Crippen LogP) is 4.13. The molecule has 0 saturated heterocycles. The minimum Gasteiger partial charge on any atom is -0.493 e. The van der Waals surface area contributed by atoms with Crippen LogP contribution in [0.25, 0.3) is 11.1 Å². The highest BCUT2D eigenvalue weighted by Gasteiger charge is 2.21. The Morgan fingerprint density at radius 1 is 0.867 bits per heavy atom. The van der Waals surface area contributed by atoms with Gasteiger partial charge in [-0.15, -0.1) is 0 Å². The monoisotopic (exact) mass is 434 g/mol. The zero-order chi connectivity index (χ0) is 22.1. The lowest BCUT2D eigenvalue weighted by molar-refractivity contribution is 0.219. The maximum absolute atomic E-state index is 13.7. The van der Waals surface area contributed by atoms with Gasteiger partial charge in [0.15, 0.2) is 21.3 Å². The van der Waals surface area contributed by atoms with Gasteiger partial charge in [0.2, 0.25) is 0 Å². The van der Waals surface area contributed by atoms with Crippen LogP contribution in [-0.4, -0.2) is 34.0 Å². The Labute approximate surface area is 173 Å². The van der Waals surface area contributed by atoms with E-state index < -0.39 is 27.6 Å². The number of benzene rings is 3. The van der Waals surface area contributed by atoms with Gasteiger partial charge in [0.25, 0.3) is 0 Å². The third-order valence-electron chi connectivity index (χ3n) is 4.64. The fourth-order valence-corrected chi connectivity index (χ4v) is 3.80. The van der Waals surface area contributed by atoms with Crippen molar-refractivity contribution >= 4 is 9.84 Å². The molecule has 1 atom stereocenters. The van der Waals surface area contributed by atoms with Crippen LogP contribution in [0, 0.1) is 11.6 Å². The van der Waals surface area contributed by atoms with Crippen LogP contribution in [0.3, 0.4) is 0 Å². The first kappa shape index (κ1) is 21.7. The summed E-state index contributed by atoms with van der Waals surface area (Å²) in [5.74, 6) is -0.937. The lowest BCUT2D eigenvalue weighted by Crippen LogP contribution is -2.05. The highest BCUT2D eigenvalue weighted by molar-refractivity contribution is 7.90. The van der Waals surface area contributed by atoms with E-state index in [-0.39, 0.29) is 10.5 Å². The first-order valence-electron chi connectivity index (χ1n) is 8.84. The molecule has 0 aliphatic rings. The maximum atomic E-state index is 13.7. The van der Waals surface area contributed by atoms with Gasteiger partial charge in [0.05, 0.1) is 19.1 Å². The predicted molar refractivity (Wildman–Crippen MR) is 109 cm³/mol. The number of hydrogen-bond donors (Lipinski definition) is 1. The Morgan fingerprint density at radius 3 is 1.90 bits per heavy atom. The van der Waals surface area contributed by atoms with E-state index in [9.17, 15) is 22.3 Å². The van der Waals surface area contributed by atoms with Crippen molar-refractivity contribution in [2.45, 2.75) is 11.0 Å². The molecule has 1 unspecified atom stereocenters. The van der Waals surface area contributed by atoms with Crippen LogP contribution >= 0.6 is 0 Å². The zero-order valence-electron chi connectivity index (χ0n) is 16.5. The molecule has 3 rings (SSSR count). The van der Waals surface area contributed by atoms with Crippen molar-refractivity contribution in [1.29, 1.82) is 0 Å². The SMILES string of the molecule is COc1cc(-c2ccc(S(C)(=O)=O)cc2)c(C(O)c2cc(F)cc(F)c2)cc1OC. The van der Waals surface area contributed by atoms with Gasteiger partial charge in [-0.3, -0.25) is 0 Å². The van der Waals surface area contributed by atoms with E-state index in [1.165, 1.54) is 32.4 Å². The second kappa shape index (κ2) is 8.41. The average molecular weight is 434 g/mol. The molecule has 0 aromatic heterocycles. The standard InChI is InChI=1S/C22H20F2O5S/c1-28-20-11-18(13-4-6-17(7-5-13)30(3,26)27)19(12-21(20)29-2)22(25)14-8-15(23)10-16(24)9-14/h4-12,22,25H,1-3H3. The minimum absolute atomic E-state index is 0.0220. The van der Waals surface area contributed by atoms with Crippen LogP contribution in [0.1, 0.15) is 17.2 Å². The van der Waals surface area contributed by atoms with Crippen LogP contribution in [0.4, 0.5) is 8.78 Å². The molecule has 0 radical (unpaired) electrons. The van der Waals surface area contributed by atoms with Gasteiger partial charge in [-0.1, -0.05) is 12.1 Å². The van der Waals surface area contributed by atoms with Gasteiger partial charge in [-0.25, -0.2) is 17.2 Å². The molecule has 5 nitrogen and oxygen atoms in total. The summed E-state index contributed by atoms with van der Waals surface area (Å²) < 4.78 is 61.5. The van der Waals surface area contributed by atoms with E-state index in [4.69, 9.17) is 9.47 Å². The molecule has 1 N–H and O–H groups in total. The smallest absolute Gasteiger partial charge is 0.175 e. The third-order valence-corrected chi connectivity index (χ3v) is 5.77. The van der Waals surface area contributed by atoms with Crippen LogP contribution in [0.2, 0.25) is 0 Å². The molecular formula is C22H20F2O5S. The number of sulfone groups is 1. The van der Waals surface area contributed by atoms with Gasteiger partial charge >= 0.3 is 0 Å². The molecule has 0 fully saturated rings. The molecule has 0 aliphatic carbocycles. The van der Waals surface area contributed by atoms with E-state index in [1.807, 2.05) is 0 Å². The number of hydrogen-bond acceptors (Lipinski definition) is 5. The van der Waals surface area contributed by atoms with Gasteiger partial charge in [-0.2, -0.15) is 0 Å². The molecule has 8 heteroatoms. The zero-order valence-corrected chi connectivity index (χ0v) is 17.3. The van der Waals surface area contributed by atoms with Crippen LogP contribution in [0.5, 0.6) is 11.5 Å². The maximum Gasteiger partial charge on any atom is 0.175 e. The summed E-state index contributed by atoms with van der Waals surface area (Å²) in [5.41, 5.74) is 1.40. The first-order chi connectivity index (χ1) is 14.1. The molecule has 158 valence electrons. The van der Waals surface area contributed by atoms with Gasteiger partial charge in [0.1, 0.15) is 17.7 Å². The lowest BCUT2D eigenvalue weighted by atomic mass is 9.92. The third kappa shape index (κ3) is 4.44. The van der Waals surface area contributed by atoms with Gasteiger partial charge in [0, 0.05) is 12.3 Å². The number of rotatable bonds is 6. The van der Waals surface area contributed by atoms with Crippen LogP contribution in [0.15, 0.2) is 59.5 Å². The summed E-state index contributed by atoms with van der Waals surface area (Å²) in [6.07, 6.45) is -0.272. The number of aliphatic hydroxyl groups excluding tert-OH is 1. The fourth-order valence-electron chi connectivity index (χ4n) is 3.17. The summed E-state index contributed by atoms with van der Waals surface area (Å²) in [6, 6.07) is 12.0. The van der Waals surface area contributed by atoms with E-state index in [0.29, 0.717) is 28.2 Å². The molecule has 0 heterocycles. The van der Waals surface area contributed by atoms with Crippen molar-refractivity contribution in [3.8, 4) is 22.6 Å². The normalized spacial score (nSPS) is 12.5. The Morgan fingerprint density at radius 2 is 1.40 bits per heavy atom. The Balaban J connectivity index is 2.20. The highest BCUT2D eigenvalue weighted by Crippen LogP contribution is 2.40. The topological polar surface area (TPSA) is 72.8 Å². The first-order valence-corrected chi connectivity index (χ1v) is 10.7. The minimum atomic E-state index is -3.38. The van der Waals surface area contributed by atoms with Crippen LogP contribution in [-0.2, 0) is 9.84 Å². The highest BCUT2D eigenvalue weighted by atomic mass is 32.2. The summed E-state index contributed by atoms with van der Waals surface area (Å²) in [7, 11) is -0.504. The van der Waals surface area contributed by atoms with Crippen molar-refractivity contribution in [2.24, 2.45) is 0 Å². The molecule has 0 amide bonds. The second-order valence-electron chi connectivity index (χ2n) is 6.70. The van der Waals surface area contributed by atoms with Gasteiger partial charge in [-0.05, 0) is 58.7 Å². The summed E-state index contributed by atoms with van der Waals surface area (Å²) in [5, 5.41) is 10.9. The molecule has 0 aliphatic heterocycles. The van der Waals surface area contributed by atoms with E-state index in [2.05, 4.69) is 0 Å². The van der Waals surface area contributed by atoms with E-state index >= 15 is 0 Å². The number of halogens is 2. The van der Waals surface area contributed by atoms with Crippen molar-refractivity contribution in [1.82, 2.24) is 0 Å². The summed E-state index contributed by atoms with van der Waals surface area (Å²) in [6.45, 7) is 0. The number of aliphatic hydroxyl groups is 1. The molecule has 30 heavy (non-hydrogen) atoms. The average Bonchev–Trinajstić information content (AvgIpc) is 2.71. The van der Waals surface area contributed by atoms with Crippen molar-refractivity contribution in [3.63, 3.8) is 0 Å². The molecule has 3 aromatic carbocycles. The molecule has 0 bridgehead atoms. The molecular weight excluding hydrogens is 414 g/mol. The Kier molecular flexibility index (Phi) is 6.09. The van der Waals surface area contributed by atoms with E-state index in [1.54, 1.807) is 18.2 Å². The molecule has 0 spiro atoms. The van der Waals surface area contributed by atoms with Crippen molar-refractivity contribution < 1.29 is 31.8 Å². The quantitative estimate of drug-likeness (QED) is 0.632. The van der Waals surface area contributed by atoms with Crippen molar-refractivity contribution in [3.05, 3.63) is 77.4 Å². The van der Waals surface area contributed by atoms with E-state index in [0.717, 1.165) is 24.5 Å². The second-order valence-corrected chi connectivity index (χ2v) is 8.71. The number of ether oxygens (including phenoxy) is 2. The lowest BCUT2D eigenvalue weighted by Gasteiger charge is -2.20. The van der Waals surface area contributed by atoms with Crippen LogP contribution < -0.4 is 9.47 Å². The largest absolute Gasteiger partial charge is 0.493 e.